The van der Waals surface area contributed by atoms with Crippen molar-refractivity contribution in [3.8, 4) is 11.1 Å². The maximum atomic E-state index is 14.7. The maximum Gasteiger partial charge on any atom is 0.278 e. The molecule has 0 amide bonds. The number of fused-ring (bicyclic) bond motifs is 6. The highest BCUT2D eigenvalue weighted by Gasteiger charge is 2.41. The lowest BCUT2D eigenvalue weighted by Gasteiger charge is -2.32. The number of aryl methyl sites for hydroxylation is 1. The molecule has 0 unspecified atom stereocenters. The third-order valence-electron chi connectivity index (χ3n) is 6.32. The Morgan fingerprint density at radius 1 is 0.742 bits per heavy atom. The SMILES string of the molecule is C1=CNC=c2ccccc2=C1.FC1(F)Cc2ccccc2-c2ccc3c(c21)CCCC3. The van der Waals surface area contributed by atoms with Crippen LogP contribution in [0.5, 0.6) is 0 Å². The fraction of sp³-hybridized carbons (Fsp3) is 0.214. The van der Waals surface area contributed by atoms with E-state index in [0.717, 1.165) is 53.5 Å². The first-order valence-corrected chi connectivity index (χ1v) is 10.9. The van der Waals surface area contributed by atoms with E-state index in [1.165, 1.54) is 10.4 Å². The van der Waals surface area contributed by atoms with Gasteiger partial charge in [0.25, 0.3) is 5.92 Å². The van der Waals surface area contributed by atoms with Crippen molar-refractivity contribution in [2.24, 2.45) is 0 Å². The molecule has 1 nitrogen and oxygen atoms in total. The number of allylic oxidation sites excluding steroid dienone is 1. The van der Waals surface area contributed by atoms with Gasteiger partial charge >= 0.3 is 0 Å². The van der Waals surface area contributed by atoms with Gasteiger partial charge in [0.15, 0.2) is 0 Å². The van der Waals surface area contributed by atoms with E-state index >= 15 is 0 Å². The number of hydrogen-bond donors (Lipinski definition) is 1. The van der Waals surface area contributed by atoms with Gasteiger partial charge in [0.2, 0.25) is 0 Å². The molecular formula is C28H25F2N. The van der Waals surface area contributed by atoms with E-state index in [0.29, 0.717) is 5.56 Å². The molecule has 6 rings (SSSR count). The van der Waals surface area contributed by atoms with Gasteiger partial charge in [-0.15, -0.1) is 0 Å². The first-order chi connectivity index (χ1) is 15.1. The summed E-state index contributed by atoms with van der Waals surface area (Å²) in [7, 11) is 0. The molecule has 0 saturated carbocycles. The third-order valence-corrected chi connectivity index (χ3v) is 6.32. The van der Waals surface area contributed by atoms with Crippen molar-refractivity contribution in [2.45, 2.75) is 38.0 Å². The number of benzene rings is 3. The molecular weight excluding hydrogens is 388 g/mol. The smallest absolute Gasteiger partial charge is 0.278 e. The average Bonchev–Trinajstić information content (AvgIpc) is 3.04. The molecule has 1 aliphatic heterocycles. The lowest BCUT2D eigenvalue weighted by Crippen LogP contribution is -2.26. The molecule has 3 heteroatoms. The highest BCUT2D eigenvalue weighted by atomic mass is 19.3. The summed E-state index contributed by atoms with van der Waals surface area (Å²) < 4.78 is 29.3. The van der Waals surface area contributed by atoms with Crippen LogP contribution in [0.4, 0.5) is 8.78 Å². The van der Waals surface area contributed by atoms with Crippen LogP contribution in [0.1, 0.15) is 35.1 Å². The maximum absolute atomic E-state index is 14.7. The molecule has 3 aliphatic rings. The molecule has 3 aromatic rings. The Balaban J connectivity index is 0.000000157. The fourth-order valence-electron chi connectivity index (χ4n) is 4.87. The molecule has 0 radical (unpaired) electrons. The molecule has 31 heavy (non-hydrogen) atoms. The second-order valence-corrected chi connectivity index (χ2v) is 8.34. The molecule has 0 bridgehead atoms. The van der Waals surface area contributed by atoms with E-state index in [-0.39, 0.29) is 6.42 Å². The Bertz CT molecular complexity index is 1270. The topological polar surface area (TPSA) is 12.0 Å². The van der Waals surface area contributed by atoms with Gasteiger partial charge in [-0.3, -0.25) is 0 Å². The second-order valence-electron chi connectivity index (χ2n) is 8.34. The van der Waals surface area contributed by atoms with Gasteiger partial charge in [-0.25, -0.2) is 8.78 Å². The Kier molecular flexibility index (Phi) is 5.19. The minimum Gasteiger partial charge on any atom is -0.367 e. The summed E-state index contributed by atoms with van der Waals surface area (Å²) in [6, 6.07) is 19.8. The van der Waals surface area contributed by atoms with Crippen LogP contribution >= 0.6 is 0 Å². The summed E-state index contributed by atoms with van der Waals surface area (Å²) in [5, 5.41) is 5.56. The van der Waals surface area contributed by atoms with E-state index in [9.17, 15) is 8.78 Å². The molecule has 0 fully saturated rings. The molecule has 1 heterocycles. The minimum absolute atomic E-state index is 0.160. The van der Waals surface area contributed by atoms with Gasteiger partial charge in [0.05, 0.1) is 0 Å². The Labute approximate surface area is 181 Å². The molecule has 2 aliphatic carbocycles. The van der Waals surface area contributed by atoms with E-state index in [1.54, 1.807) is 0 Å². The van der Waals surface area contributed by atoms with Crippen LogP contribution < -0.4 is 15.8 Å². The van der Waals surface area contributed by atoms with Gasteiger partial charge in [0, 0.05) is 24.4 Å². The molecule has 1 N–H and O–H groups in total. The normalized spacial score (nSPS) is 17.0. The molecule has 0 spiro atoms. The first kappa shape index (κ1) is 19.7. The van der Waals surface area contributed by atoms with Crippen LogP contribution in [0.2, 0.25) is 0 Å². The van der Waals surface area contributed by atoms with Gasteiger partial charge in [-0.1, -0.05) is 66.7 Å². The molecule has 0 atom stereocenters. The van der Waals surface area contributed by atoms with Crippen molar-refractivity contribution in [1.29, 1.82) is 0 Å². The zero-order chi connectivity index (χ0) is 21.3. The number of nitrogens with one attached hydrogen (secondary N) is 1. The average molecular weight is 414 g/mol. The highest BCUT2D eigenvalue weighted by molar-refractivity contribution is 5.76. The summed E-state index contributed by atoms with van der Waals surface area (Å²) in [4.78, 5) is 0. The number of hydrogen-bond acceptors (Lipinski definition) is 1. The molecule has 0 aromatic heterocycles. The van der Waals surface area contributed by atoms with Crippen LogP contribution in [0.3, 0.4) is 0 Å². The summed E-state index contributed by atoms with van der Waals surface area (Å²) in [5.41, 5.74) is 4.87. The third kappa shape index (κ3) is 3.81. The summed E-state index contributed by atoms with van der Waals surface area (Å²) in [6.45, 7) is 0. The lowest BCUT2D eigenvalue weighted by atomic mass is 9.76. The van der Waals surface area contributed by atoms with E-state index in [1.807, 2.05) is 60.9 Å². The van der Waals surface area contributed by atoms with Gasteiger partial charge in [-0.2, -0.15) is 0 Å². The molecule has 156 valence electrons. The van der Waals surface area contributed by atoms with E-state index in [4.69, 9.17) is 0 Å². The highest BCUT2D eigenvalue weighted by Crippen LogP contribution is 2.48. The monoisotopic (exact) mass is 413 g/mol. The van der Waals surface area contributed by atoms with Crippen molar-refractivity contribution in [3.63, 3.8) is 0 Å². The van der Waals surface area contributed by atoms with Crippen LogP contribution in [-0.2, 0) is 25.2 Å². The van der Waals surface area contributed by atoms with Crippen LogP contribution in [0.25, 0.3) is 23.4 Å². The first-order valence-electron chi connectivity index (χ1n) is 10.9. The predicted molar refractivity (Wildman–Crippen MR) is 123 cm³/mol. The largest absolute Gasteiger partial charge is 0.367 e. The quantitative estimate of drug-likeness (QED) is 0.534. The zero-order valence-electron chi connectivity index (χ0n) is 17.4. The van der Waals surface area contributed by atoms with Crippen LogP contribution in [0, 0.1) is 0 Å². The minimum atomic E-state index is -2.73. The Morgan fingerprint density at radius 3 is 2.42 bits per heavy atom. The van der Waals surface area contributed by atoms with Gasteiger partial charge < -0.3 is 5.32 Å². The summed E-state index contributed by atoms with van der Waals surface area (Å²) in [5.74, 6) is -2.73. The number of rotatable bonds is 0. The summed E-state index contributed by atoms with van der Waals surface area (Å²) in [6.07, 6.45) is 11.7. The Morgan fingerprint density at radius 2 is 1.52 bits per heavy atom. The fourth-order valence-corrected chi connectivity index (χ4v) is 4.87. The van der Waals surface area contributed by atoms with Gasteiger partial charge in [-0.05, 0) is 70.0 Å². The van der Waals surface area contributed by atoms with Crippen molar-refractivity contribution < 1.29 is 8.78 Å². The van der Waals surface area contributed by atoms with Gasteiger partial charge in [0.1, 0.15) is 0 Å². The number of alkyl halides is 2. The molecule has 0 saturated heterocycles. The van der Waals surface area contributed by atoms with E-state index < -0.39 is 5.92 Å². The standard InChI is InChI=1S/C18H16F2.C10H9N/c19-18(20)11-13-6-2-3-7-14(13)16-10-9-12-5-1-4-8-15(12)17(16)18;1-2-5-10-8-11-7-3-6-9(10)4-1/h2-3,6-7,9-10H,1,4-5,8,11H2;1-8,11H. The van der Waals surface area contributed by atoms with Crippen molar-refractivity contribution >= 4 is 12.3 Å². The summed E-state index contributed by atoms with van der Waals surface area (Å²) >= 11 is 0. The number of halogens is 2. The van der Waals surface area contributed by atoms with Crippen LogP contribution in [-0.4, -0.2) is 0 Å². The zero-order valence-corrected chi connectivity index (χ0v) is 17.4. The van der Waals surface area contributed by atoms with E-state index in [2.05, 4.69) is 29.6 Å². The predicted octanol–water partition coefficient (Wildman–Crippen LogP) is 5.20. The lowest BCUT2D eigenvalue weighted by molar-refractivity contribution is -0.00588. The second kappa shape index (κ2) is 8.14. The Hall–Kier alpha value is -3.20. The van der Waals surface area contributed by atoms with Crippen LogP contribution in [0.15, 0.2) is 72.9 Å². The molecule has 3 aromatic carbocycles. The van der Waals surface area contributed by atoms with Crippen molar-refractivity contribution in [2.75, 3.05) is 0 Å². The van der Waals surface area contributed by atoms with Crippen molar-refractivity contribution in [1.82, 2.24) is 5.32 Å². The van der Waals surface area contributed by atoms with Crippen molar-refractivity contribution in [3.05, 3.63) is 106 Å².